The second-order valence-corrected chi connectivity index (χ2v) is 6.25. The zero-order valence-electron chi connectivity index (χ0n) is 15.4. The van der Waals surface area contributed by atoms with Crippen molar-refractivity contribution in [2.45, 2.75) is 38.6 Å². The van der Waals surface area contributed by atoms with E-state index in [4.69, 9.17) is 15.6 Å². The van der Waals surface area contributed by atoms with E-state index in [0.29, 0.717) is 13.0 Å². The van der Waals surface area contributed by atoms with E-state index in [2.05, 4.69) is 30.6 Å². The lowest BCUT2D eigenvalue weighted by Crippen LogP contribution is -2.52. The number of aliphatic carboxylic acids is 2. The van der Waals surface area contributed by atoms with Gasteiger partial charge < -0.3 is 31.0 Å². The fourth-order valence-electron chi connectivity index (χ4n) is 2.26. The predicted octanol–water partition coefficient (Wildman–Crippen LogP) is -1.41. The van der Waals surface area contributed by atoms with Crippen LogP contribution >= 0.6 is 0 Å². The molecule has 0 aliphatic heterocycles. The highest BCUT2D eigenvalue weighted by Crippen LogP contribution is 2.12. The number of hydrogen-bond acceptors (Lipinski definition) is 9. The average molecular weight is 397 g/mol. The number of aromatic amines is 2. The van der Waals surface area contributed by atoms with E-state index in [0.717, 1.165) is 0 Å². The third-order valence-electron chi connectivity index (χ3n) is 3.97. The number of nitrogen functional groups attached to an aromatic ring is 1. The van der Waals surface area contributed by atoms with Crippen molar-refractivity contribution in [3.05, 3.63) is 16.2 Å². The number of aromatic nitrogens is 4. The Kier molecular flexibility index (Phi) is 6.66. The summed E-state index contributed by atoms with van der Waals surface area (Å²) in [4.78, 5) is 47.1. The Bertz CT molecular complexity index is 910. The molecule has 0 radical (unpaired) electrons. The van der Waals surface area contributed by atoms with Gasteiger partial charge >= 0.3 is 11.9 Å². The first-order chi connectivity index (χ1) is 13.1. The number of nitrogens with zero attached hydrogens (tertiary/aromatic N) is 2. The van der Waals surface area contributed by atoms with Crippen molar-refractivity contribution in [1.82, 2.24) is 30.6 Å². The lowest BCUT2D eigenvalue weighted by atomic mass is 10.2. The third-order valence-corrected chi connectivity index (χ3v) is 3.97. The first kappa shape index (κ1) is 21.3. The highest BCUT2D eigenvalue weighted by Gasteiger charge is 2.34. The van der Waals surface area contributed by atoms with Gasteiger partial charge in [0, 0.05) is 0 Å². The summed E-state index contributed by atoms with van der Waals surface area (Å²) in [5.74, 6) is -2.08. The van der Waals surface area contributed by atoms with Gasteiger partial charge in [-0.3, -0.25) is 19.9 Å². The molecule has 0 saturated heterocycles. The van der Waals surface area contributed by atoms with Crippen LogP contribution in [-0.2, 0) is 20.9 Å². The molecule has 2 atom stereocenters. The lowest BCUT2D eigenvalue weighted by Gasteiger charge is -2.26. The maximum Gasteiger partial charge on any atom is 0.351 e. The van der Waals surface area contributed by atoms with Crippen molar-refractivity contribution in [1.29, 1.82) is 0 Å². The summed E-state index contributed by atoms with van der Waals surface area (Å²) in [6.07, 6.45) is 0.479. The van der Waals surface area contributed by atoms with Crippen LogP contribution in [0.25, 0.3) is 11.2 Å². The second kappa shape index (κ2) is 8.77. The van der Waals surface area contributed by atoms with Gasteiger partial charge in [-0.1, -0.05) is 0 Å². The Morgan fingerprint density at radius 2 is 2.00 bits per heavy atom. The van der Waals surface area contributed by atoms with Crippen LogP contribution in [-0.4, -0.2) is 66.9 Å². The molecule has 2 aromatic rings. The molecule has 0 spiro atoms. The maximum absolute atomic E-state index is 11.8. The third kappa shape index (κ3) is 5.25. The van der Waals surface area contributed by atoms with E-state index in [1.165, 1.54) is 13.8 Å². The monoisotopic (exact) mass is 397 g/mol. The first-order valence-electron chi connectivity index (χ1n) is 8.45. The fraction of sp³-hybridized carbons (Fsp3) is 0.533. The van der Waals surface area contributed by atoms with Crippen LogP contribution in [0.5, 0.6) is 0 Å². The number of fused-ring (bicyclic) bond motifs is 1. The average Bonchev–Trinajstić information content (AvgIpc) is 3.02. The number of rotatable bonds is 11. The Morgan fingerprint density at radius 3 is 2.64 bits per heavy atom. The van der Waals surface area contributed by atoms with Crippen LogP contribution < -0.4 is 21.9 Å². The summed E-state index contributed by atoms with van der Waals surface area (Å²) in [6.45, 7) is 3.28. The van der Waals surface area contributed by atoms with Gasteiger partial charge in [-0.05, 0) is 33.4 Å². The molecule has 8 N–H and O–H groups in total. The van der Waals surface area contributed by atoms with Gasteiger partial charge in [0.15, 0.2) is 11.2 Å². The predicted molar refractivity (Wildman–Crippen MR) is 97.5 cm³/mol. The molecule has 0 saturated carbocycles. The zero-order valence-corrected chi connectivity index (χ0v) is 15.4. The van der Waals surface area contributed by atoms with Gasteiger partial charge in [-0.25, -0.2) is 9.78 Å². The summed E-state index contributed by atoms with van der Waals surface area (Å²) in [6, 6.07) is -0.694. The molecule has 2 heterocycles. The van der Waals surface area contributed by atoms with Crippen LogP contribution in [0.4, 0.5) is 5.95 Å². The van der Waals surface area contributed by atoms with Crippen molar-refractivity contribution >= 4 is 29.1 Å². The lowest BCUT2D eigenvalue weighted by molar-refractivity contribution is -0.170. The minimum atomic E-state index is -1.71. The number of nitrogens with one attached hydrogen (secondary N) is 4. The second-order valence-electron chi connectivity index (χ2n) is 6.25. The highest BCUT2D eigenvalue weighted by atomic mass is 16.5. The van der Waals surface area contributed by atoms with Crippen molar-refractivity contribution < 1.29 is 24.5 Å². The molecular formula is C15H23N7O6. The standard InChI is InChI=1S/C15H23N7O6/c1-7(12(24)25)17-4-3-5-18-15(2,13(26)27)28-6-8-19-9-10(20-8)21-14(16)22-11(9)23/h7,17-18H,3-6H2,1-2H3,(H,24,25)(H,26,27)(H4,16,19,20,21,22,23)/t7-,15+/m0/s1. The minimum absolute atomic E-state index is 0.0839. The topological polar surface area (TPSA) is 208 Å². The van der Waals surface area contributed by atoms with Gasteiger partial charge in [-0.15, -0.1) is 0 Å². The van der Waals surface area contributed by atoms with Crippen molar-refractivity contribution in [3.8, 4) is 0 Å². The summed E-state index contributed by atoms with van der Waals surface area (Å²) < 4.78 is 5.45. The van der Waals surface area contributed by atoms with E-state index in [9.17, 15) is 19.5 Å². The number of hydrogen-bond donors (Lipinski definition) is 7. The van der Waals surface area contributed by atoms with E-state index in [1.54, 1.807) is 0 Å². The molecule has 154 valence electrons. The van der Waals surface area contributed by atoms with Crippen LogP contribution in [0.3, 0.4) is 0 Å². The number of H-pyrrole nitrogens is 2. The number of nitrogens with two attached hydrogens (primary N) is 1. The molecule has 0 amide bonds. The van der Waals surface area contributed by atoms with Crippen LogP contribution in [0.1, 0.15) is 26.1 Å². The number of carboxylic acid groups (broad SMARTS) is 2. The molecule has 13 heteroatoms. The summed E-state index contributed by atoms with van der Waals surface area (Å²) in [5.41, 5.74) is 3.45. The number of carboxylic acids is 2. The number of anilines is 1. The van der Waals surface area contributed by atoms with E-state index < -0.39 is 29.3 Å². The van der Waals surface area contributed by atoms with Crippen LogP contribution in [0.2, 0.25) is 0 Å². The van der Waals surface area contributed by atoms with E-state index in [1.807, 2.05) is 0 Å². The fourth-order valence-corrected chi connectivity index (χ4v) is 2.26. The Balaban J connectivity index is 1.93. The van der Waals surface area contributed by atoms with Gasteiger partial charge in [0.25, 0.3) is 5.56 Å². The molecule has 13 nitrogen and oxygen atoms in total. The van der Waals surface area contributed by atoms with Crippen molar-refractivity contribution in [2.24, 2.45) is 0 Å². The van der Waals surface area contributed by atoms with E-state index >= 15 is 0 Å². The molecule has 2 rings (SSSR count). The van der Waals surface area contributed by atoms with Gasteiger partial charge in [-0.2, -0.15) is 4.98 Å². The molecule has 28 heavy (non-hydrogen) atoms. The van der Waals surface area contributed by atoms with Crippen molar-refractivity contribution in [3.63, 3.8) is 0 Å². The summed E-state index contributed by atoms with van der Waals surface area (Å²) in [7, 11) is 0. The molecular weight excluding hydrogens is 374 g/mol. The Morgan fingerprint density at radius 1 is 1.29 bits per heavy atom. The smallest absolute Gasteiger partial charge is 0.351 e. The molecule has 2 aromatic heterocycles. The SMILES string of the molecule is C[C@H](NCCCN[C@](C)(OCc1nc2nc(N)[nH]c(=O)c2[nH]1)C(=O)O)C(=O)O. The minimum Gasteiger partial charge on any atom is -0.480 e. The normalized spacial score (nSPS) is 14.6. The number of carbonyl (C=O) groups is 2. The largest absolute Gasteiger partial charge is 0.480 e. The molecule has 0 aliphatic rings. The summed E-state index contributed by atoms with van der Waals surface area (Å²) >= 11 is 0. The Labute approximate surface area is 158 Å². The van der Waals surface area contributed by atoms with Crippen LogP contribution in [0, 0.1) is 0 Å². The quantitative estimate of drug-likeness (QED) is 0.173. The molecule has 0 fully saturated rings. The molecule has 0 aromatic carbocycles. The van der Waals surface area contributed by atoms with E-state index in [-0.39, 0.29) is 36.1 Å². The number of ether oxygens (including phenoxy) is 1. The van der Waals surface area contributed by atoms with Gasteiger partial charge in [0.1, 0.15) is 18.5 Å². The summed E-state index contributed by atoms with van der Waals surface area (Å²) in [5, 5.41) is 23.8. The Hall–Kier alpha value is -3.03. The number of imidazole rings is 1. The molecule has 0 bridgehead atoms. The molecule has 0 aliphatic carbocycles. The molecule has 0 unspecified atom stereocenters. The van der Waals surface area contributed by atoms with Gasteiger partial charge in [0.2, 0.25) is 11.7 Å². The van der Waals surface area contributed by atoms with Gasteiger partial charge in [0.05, 0.1) is 0 Å². The maximum atomic E-state index is 11.8. The van der Waals surface area contributed by atoms with Crippen LogP contribution in [0.15, 0.2) is 4.79 Å². The zero-order chi connectivity index (χ0) is 20.9. The highest BCUT2D eigenvalue weighted by molar-refractivity contribution is 5.76. The van der Waals surface area contributed by atoms with Crippen molar-refractivity contribution in [2.75, 3.05) is 18.8 Å². The first-order valence-corrected chi connectivity index (χ1v) is 8.45.